The number of nitrogens with zero attached hydrogens (tertiary/aromatic N) is 1. The first-order valence-electron chi connectivity index (χ1n) is 4.82. The van der Waals surface area contributed by atoms with Crippen LogP contribution in [0.4, 0.5) is 5.69 Å². The van der Waals surface area contributed by atoms with Gasteiger partial charge in [-0.1, -0.05) is 15.9 Å². The summed E-state index contributed by atoms with van der Waals surface area (Å²) in [5.41, 5.74) is -0.340. The number of carboxylic acid groups (broad SMARTS) is 1. The molecule has 0 aromatic heterocycles. The van der Waals surface area contributed by atoms with Crippen molar-refractivity contribution in [3.05, 3.63) is 26.6 Å². The van der Waals surface area contributed by atoms with Crippen LogP contribution in [-0.4, -0.2) is 24.7 Å². The first-order chi connectivity index (χ1) is 8.69. The second kappa shape index (κ2) is 5.90. The molecule has 0 aliphatic rings. The summed E-state index contributed by atoms with van der Waals surface area (Å²) in [6.07, 6.45) is 0. The molecule has 1 rings (SSSR count). The fourth-order valence-corrected chi connectivity index (χ4v) is 3.42. The van der Waals surface area contributed by atoms with Crippen molar-refractivity contribution in [2.24, 2.45) is 0 Å². The smallest absolute Gasteiger partial charge is 0.337 e. The Labute approximate surface area is 126 Å². The summed E-state index contributed by atoms with van der Waals surface area (Å²) in [4.78, 5) is 11.1. The summed E-state index contributed by atoms with van der Waals surface area (Å²) < 4.78 is 26.4. The highest BCUT2D eigenvalue weighted by Gasteiger charge is 2.24. The van der Waals surface area contributed by atoms with Gasteiger partial charge in [0.15, 0.2) is 5.25 Å². The summed E-state index contributed by atoms with van der Waals surface area (Å²) in [6, 6.07) is 4.35. The molecular weight excluding hydrogens is 404 g/mol. The van der Waals surface area contributed by atoms with Crippen molar-refractivity contribution < 1.29 is 18.3 Å². The van der Waals surface area contributed by atoms with E-state index in [0.717, 1.165) is 0 Å². The van der Waals surface area contributed by atoms with Crippen molar-refractivity contribution in [3.63, 3.8) is 0 Å². The average Bonchev–Trinajstić information content (AvgIpc) is 2.30. The number of nitriles is 1. The van der Waals surface area contributed by atoms with Gasteiger partial charge in [-0.25, -0.2) is 13.2 Å². The molecule has 0 radical (unpaired) electrons. The normalized spacial score (nSPS) is 12.5. The molecule has 0 saturated carbocycles. The van der Waals surface area contributed by atoms with Crippen LogP contribution in [-0.2, 0) is 10.0 Å². The molecule has 9 heteroatoms. The van der Waals surface area contributed by atoms with E-state index >= 15 is 0 Å². The Kier molecular flexibility index (Phi) is 4.95. The van der Waals surface area contributed by atoms with Crippen LogP contribution >= 0.6 is 31.9 Å². The summed E-state index contributed by atoms with van der Waals surface area (Å²) in [6.45, 7) is 1.20. The molecule has 1 aromatic rings. The summed E-state index contributed by atoms with van der Waals surface area (Å²) >= 11 is 6.20. The van der Waals surface area contributed by atoms with E-state index in [2.05, 4.69) is 36.6 Å². The second-order valence-electron chi connectivity index (χ2n) is 3.53. The number of carbonyl (C=O) groups is 1. The van der Waals surface area contributed by atoms with Gasteiger partial charge in [0.2, 0.25) is 10.0 Å². The Bertz CT molecular complexity index is 667. The standard InChI is InChI=1S/C10H8Br2N2O4S/c1-5(4-13)19(17,18)14-9-7(10(15)16)2-6(11)3-8(9)12/h2-3,5,14H,1H3,(H,15,16). The molecule has 0 amide bonds. The number of carboxylic acids is 1. The number of hydrogen-bond acceptors (Lipinski definition) is 4. The third-order valence-corrected chi connectivity index (χ3v) is 4.79. The van der Waals surface area contributed by atoms with Crippen molar-refractivity contribution in [2.45, 2.75) is 12.2 Å². The van der Waals surface area contributed by atoms with Crippen molar-refractivity contribution in [2.75, 3.05) is 4.72 Å². The van der Waals surface area contributed by atoms with Gasteiger partial charge in [0.05, 0.1) is 17.3 Å². The largest absolute Gasteiger partial charge is 0.478 e. The molecule has 1 atom stereocenters. The Morgan fingerprint density at radius 2 is 2.05 bits per heavy atom. The Balaban J connectivity index is 3.37. The predicted molar refractivity (Wildman–Crippen MR) is 76.4 cm³/mol. The lowest BCUT2D eigenvalue weighted by Crippen LogP contribution is -2.25. The van der Waals surface area contributed by atoms with Crippen LogP contribution in [0.25, 0.3) is 0 Å². The molecule has 1 aromatic carbocycles. The van der Waals surface area contributed by atoms with Crippen LogP contribution in [0.2, 0.25) is 0 Å². The minimum absolute atomic E-state index is 0.113. The van der Waals surface area contributed by atoms with Crippen LogP contribution in [0, 0.1) is 11.3 Å². The molecule has 0 heterocycles. The average molecular weight is 412 g/mol. The molecule has 0 saturated heterocycles. The van der Waals surface area contributed by atoms with Gasteiger partial charge in [0.1, 0.15) is 0 Å². The molecule has 19 heavy (non-hydrogen) atoms. The summed E-state index contributed by atoms with van der Waals surface area (Å²) in [5, 5.41) is 16.4. The third-order valence-electron chi connectivity index (χ3n) is 2.18. The fraction of sp³-hybridized carbons (Fsp3) is 0.200. The first-order valence-corrected chi connectivity index (χ1v) is 7.96. The van der Waals surface area contributed by atoms with Gasteiger partial charge in [0, 0.05) is 8.95 Å². The number of sulfonamides is 1. The number of anilines is 1. The highest BCUT2D eigenvalue weighted by Crippen LogP contribution is 2.32. The predicted octanol–water partition coefficient (Wildman–Crippen LogP) is 2.56. The van der Waals surface area contributed by atoms with E-state index in [1.807, 2.05) is 0 Å². The van der Waals surface area contributed by atoms with E-state index in [1.165, 1.54) is 19.1 Å². The van der Waals surface area contributed by atoms with E-state index in [4.69, 9.17) is 10.4 Å². The van der Waals surface area contributed by atoms with Crippen LogP contribution < -0.4 is 4.72 Å². The van der Waals surface area contributed by atoms with Crippen molar-refractivity contribution >= 4 is 53.5 Å². The van der Waals surface area contributed by atoms with Crippen molar-refractivity contribution in [1.29, 1.82) is 5.26 Å². The molecule has 0 spiro atoms. The molecule has 2 N–H and O–H groups in total. The highest BCUT2D eigenvalue weighted by atomic mass is 79.9. The van der Waals surface area contributed by atoms with Gasteiger partial charge in [-0.05, 0) is 35.0 Å². The quantitative estimate of drug-likeness (QED) is 0.791. The summed E-state index contributed by atoms with van der Waals surface area (Å²) in [7, 11) is -3.97. The van der Waals surface area contributed by atoms with Gasteiger partial charge >= 0.3 is 5.97 Å². The van der Waals surface area contributed by atoms with E-state index < -0.39 is 21.2 Å². The fourth-order valence-electron chi connectivity index (χ4n) is 1.15. The molecule has 0 aliphatic heterocycles. The Morgan fingerprint density at radius 3 is 2.53 bits per heavy atom. The van der Waals surface area contributed by atoms with Crippen molar-refractivity contribution in [1.82, 2.24) is 0 Å². The van der Waals surface area contributed by atoms with Gasteiger partial charge in [0.25, 0.3) is 0 Å². The second-order valence-corrected chi connectivity index (χ2v) is 7.30. The lowest BCUT2D eigenvalue weighted by atomic mass is 10.2. The number of rotatable bonds is 4. The number of benzene rings is 1. The van der Waals surface area contributed by atoms with Gasteiger partial charge in [-0.2, -0.15) is 5.26 Å². The monoisotopic (exact) mass is 410 g/mol. The number of halogens is 2. The zero-order chi connectivity index (χ0) is 14.8. The molecule has 0 aliphatic carbocycles. The number of aromatic carboxylic acids is 1. The maximum Gasteiger partial charge on any atom is 0.337 e. The van der Waals surface area contributed by atoms with Gasteiger partial charge in [-0.15, -0.1) is 0 Å². The molecule has 0 fully saturated rings. The van der Waals surface area contributed by atoms with Crippen LogP contribution in [0.1, 0.15) is 17.3 Å². The Morgan fingerprint density at radius 1 is 1.47 bits per heavy atom. The van der Waals surface area contributed by atoms with E-state index in [-0.39, 0.29) is 15.7 Å². The first kappa shape index (κ1) is 15.9. The maximum absolute atomic E-state index is 11.8. The lowest BCUT2D eigenvalue weighted by molar-refractivity contribution is 0.0698. The van der Waals surface area contributed by atoms with Crippen LogP contribution in [0.5, 0.6) is 0 Å². The molecule has 6 nitrogen and oxygen atoms in total. The number of nitrogens with one attached hydrogen (secondary N) is 1. The topological polar surface area (TPSA) is 107 Å². The minimum atomic E-state index is -3.97. The van der Waals surface area contributed by atoms with E-state index in [1.54, 1.807) is 6.07 Å². The van der Waals surface area contributed by atoms with Crippen molar-refractivity contribution in [3.8, 4) is 6.07 Å². The van der Waals surface area contributed by atoms with E-state index in [9.17, 15) is 13.2 Å². The van der Waals surface area contributed by atoms with E-state index in [0.29, 0.717) is 4.47 Å². The Hall–Kier alpha value is -1.11. The third kappa shape index (κ3) is 3.68. The van der Waals surface area contributed by atoms with Crippen LogP contribution in [0.3, 0.4) is 0 Å². The molecule has 1 unspecified atom stereocenters. The minimum Gasteiger partial charge on any atom is -0.478 e. The molecule has 102 valence electrons. The zero-order valence-corrected chi connectivity index (χ0v) is 13.5. The highest BCUT2D eigenvalue weighted by molar-refractivity contribution is 9.11. The lowest BCUT2D eigenvalue weighted by Gasteiger charge is -2.13. The van der Waals surface area contributed by atoms with Crippen LogP contribution in [0.15, 0.2) is 21.1 Å². The van der Waals surface area contributed by atoms with Gasteiger partial charge < -0.3 is 5.11 Å². The SMILES string of the molecule is CC(C#N)S(=O)(=O)Nc1c(Br)cc(Br)cc1C(=O)O. The van der Waals surface area contributed by atoms with Gasteiger partial charge in [-0.3, -0.25) is 4.72 Å². The summed E-state index contributed by atoms with van der Waals surface area (Å²) in [5.74, 6) is -1.29. The number of hydrogen-bond donors (Lipinski definition) is 2. The molecular formula is C10H8Br2N2O4S. The maximum atomic E-state index is 11.8. The molecule has 0 bridgehead atoms. The zero-order valence-electron chi connectivity index (χ0n) is 9.52.